The van der Waals surface area contributed by atoms with Crippen molar-refractivity contribution in [3.8, 4) is 0 Å². The average Bonchev–Trinajstić information content (AvgIpc) is 2.15. The number of rotatable bonds is 4. The number of halogens is 2. The summed E-state index contributed by atoms with van der Waals surface area (Å²) in [6.07, 6.45) is -0.127. The zero-order valence-electron chi connectivity index (χ0n) is 8.54. The Hall–Kier alpha value is -0.430. The van der Waals surface area contributed by atoms with E-state index in [-0.39, 0.29) is 17.0 Å². The number of carbonyl (C=O) groups is 2. The maximum Gasteiger partial charge on any atom is 0.307 e. The van der Waals surface area contributed by atoms with E-state index in [9.17, 15) is 9.59 Å². The predicted octanol–water partition coefficient (Wildman–Crippen LogP) is 2.88. The van der Waals surface area contributed by atoms with Gasteiger partial charge < -0.3 is 5.11 Å². The second-order valence-electron chi connectivity index (χ2n) is 3.35. The van der Waals surface area contributed by atoms with Crippen LogP contribution in [0.25, 0.3) is 0 Å². The Kier molecular flexibility index (Phi) is 4.91. The van der Waals surface area contributed by atoms with Gasteiger partial charge in [-0.05, 0) is 47.2 Å². The van der Waals surface area contributed by atoms with Gasteiger partial charge in [0.2, 0.25) is 0 Å². The van der Waals surface area contributed by atoms with Crippen LogP contribution in [-0.4, -0.2) is 21.7 Å². The molecule has 0 aliphatic carbocycles. The summed E-state index contributed by atoms with van der Waals surface area (Å²) in [6.45, 7) is 1.73. The summed E-state index contributed by atoms with van der Waals surface area (Å²) < 4.78 is 0.924. The van der Waals surface area contributed by atoms with Gasteiger partial charge in [0.15, 0.2) is 5.78 Å². The van der Waals surface area contributed by atoms with Gasteiger partial charge in [0.1, 0.15) is 0 Å². The van der Waals surface area contributed by atoms with Crippen LogP contribution >= 0.6 is 38.5 Å². The fraction of sp³-hybridized carbons (Fsp3) is 0.273. The van der Waals surface area contributed by atoms with E-state index in [1.807, 2.05) is 0 Å². The van der Waals surface area contributed by atoms with Crippen LogP contribution in [-0.2, 0) is 11.2 Å². The summed E-state index contributed by atoms with van der Waals surface area (Å²) in [6, 6.07) is 5.21. The molecule has 0 aliphatic heterocycles. The summed E-state index contributed by atoms with van der Waals surface area (Å²) >= 11 is 5.29. The first-order chi connectivity index (χ1) is 7.41. The molecule has 0 aromatic heterocycles. The van der Waals surface area contributed by atoms with Gasteiger partial charge in [0.25, 0.3) is 0 Å². The zero-order chi connectivity index (χ0) is 12.3. The molecule has 0 saturated carbocycles. The van der Waals surface area contributed by atoms with Crippen LogP contribution in [0.2, 0.25) is 0 Å². The van der Waals surface area contributed by atoms with Gasteiger partial charge in [-0.25, -0.2) is 0 Å². The van der Waals surface area contributed by atoms with Gasteiger partial charge in [-0.3, -0.25) is 9.59 Å². The van der Waals surface area contributed by atoms with Crippen LogP contribution in [0.4, 0.5) is 0 Å². The van der Waals surface area contributed by atoms with Crippen molar-refractivity contribution in [3.05, 3.63) is 32.9 Å². The highest BCUT2D eigenvalue weighted by molar-refractivity contribution is 14.1. The minimum Gasteiger partial charge on any atom is -0.481 e. The van der Waals surface area contributed by atoms with Crippen molar-refractivity contribution >= 4 is 50.3 Å². The second-order valence-corrected chi connectivity index (χ2v) is 5.97. The minimum atomic E-state index is -0.932. The van der Waals surface area contributed by atoms with Crippen molar-refractivity contribution in [1.82, 2.24) is 0 Å². The normalized spacial score (nSPS) is 12.2. The molecule has 0 fully saturated rings. The molecule has 0 spiro atoms. The van der Waals surface area contributed by atoms with E-state index in [1.165, 1.54) is 0 Å². The van der Waals surface area contributed by atoms with Gasteiger partial charge in [0, 0.05) is 9.13 Å². The third kappa shape index (κ3) is 3.55. The number of Topliss-reactive ketones (excluding diaryl/α,β-unsaturated/α-hetero) is 1. The van der Waals surface area contributed by atoms with E-state index in [1.54, 1.807) is 25.1 Å². The number of hydrogen-bond donors (Lipinski definition) is 1. The van der Waals surface area contributed by atoms with Gasteiger partial charge >= 0.3 is 5.97 Å². The van der Waals surface area contributed by atoms with E-state index in [4.69, 9.17) is 5.11 Å². The zero-order valence-corrected chi connectivity index (χ0v) is 12.3. The second kappa shape index (κ2) is 5.77. The smallest absolute Gasteiger partial charge is 0.307 e. The van der Waals surface area contributed by atoms with E-state index in [2.05, 4.69) is 38.5 Å². The lowest BCUT2D eigenvalue weighted by Gasteiger charge is -2.09. The molecule has 1 aromatic carbocycles. The van der Waals surface area contributed by atoms with Crippen LogP contribution in [0.5, 0.6) is 0 Å². The first kappa shape index (κ1) is 13.6. The Morgan fingerprint density at radius 3 is 2.62 bits per heavy atom. The highest BCUT2D eigenvalue weighted by Gasteiger charge is 2.17. The monoisotopic (exact) mass is 396 g/mol. The van der Waals surface area contributed by atoms with Crippen molar-refractivity contribution in [1.29, 1.82) is 0 Å². The summed E-state index contributed by atoms with van der Waals surface area (Å²) in [7, 11) is 0. The Balaban J connectivity index is 3.17. The molecule has 0 heterocycles. The molecule has 86 valence electrons. The Morgan fingerprint density at radius 2 is 2.12 bits per heavy atom. The van der Waals surface area contributed by atoms with Crippen LogP contribution in [0.1, 0.15) is 22.8 Å². The van der Waals surface area contributed by atoms with Gasteiger partial charge in [-0.2, -0.15) is 0 Å². The molecular formula is C11H10BrIO3. The highest BCUT2D eigenvalue weighted by Crippen LogP contribution is 2.18. The largest absolute Gasteiger partial charge is 0.481 e. The molecule has 0 amide bonds. The van der Waals surface area contributed by atoms with Crippen LogP contribution < -0.4 is 0 Å². The summed E-state index contributed by atoms with van der Waals surface area (Å²) in [5.41, 5.74) is 1.04. The number of ketones is 1. The lowest BCUT2D eigenvalue weighted by molar-refractivity contribution is -0.136. The van der Waals surface area contributed by atoms with E-state index in [0.717, 1.165) is 3.57 Å². The topological polar surface area (TPSA) is 54.4 Å². The number of carboxylic acid groups (broad SMARTS) is 1. The van der Waals surface area contributed by atoms with Crippen LogP contribution in [0, 0.1) is 3.57 Å². The number of alkyl halides is 1. The van der Waals surface area contributed by atoms with Crippen molar-refractivity contribution in [2.24, 2.45) is 0 Å². The molecule has 3 nitrogen and oxygen atoms in total. The number of hydrogen-bond acceptors (Lipinski definition) is 2. The molecule has 1 aromatic rings. The van der Waals surface area contributed by atoms with Gasteiger partial charge in [-0.15, -0.1) is 0 Å². The van der Waals surface area contributed by atoms with Gasteiger partial charge in [-0.1, -0.05) is 22.0 Å². The van der Waals surface area contributed by atoms with Crippen molar-refractivity contribution in [3.63, 3.8) is 0 Å². The van der Waals surface area contributed by atoms with Crippen molar-refractivity contribution in [2.75, 3.05) is 0 Å². The standard InChI is InChI=1S/C11H10BrIO3/c1-6(12)11(16)9-3-2-8(13)4-7(9)5-10(14)15/h2-4,6H,5H2,1H3,(H,14,15). The van der Waals surface area contributed by atoms with E-state index < -0.39 is 5.97 Å². The molecular weight excluding hydrogens is 387 g/mol. The molecule has 0 radical (unpaired) electrons. The molecule has 16 heavy (non-hydrogen) atoms. The number of carboxylic acids is 1. The highest BCUT2D eigenvalue weighted by atomic mass is 127. The first-order valence-electron chi connectivity index (χ1n) is 4.60. The molecule has 0 aliphatic rings. The SMILES string of the molecule is CC(Br)C(=O)c1ccc(I)cc1CC(=O)O. The Labute approximate surface area is 116 Å². The molecule has 1 rings (SSSR count). The Morgan fingerprint density at radius 1 is 1.50 bits per heavy atom. The maximum atomic E-state index is 11.8. The first-order valence-corrected chi connectivity index (χ1v) is 6.59. The third-order valence-electron chi connectivity index (χ3n) is 2.04. The van der Waals surface area contributed by atoms with Gasteiger partial charge in [0.05, 0.1) is 11.2 Å². The fourth-order valence-electron chi connectivity index (χ4n) is 1.33. The lowest BCUT2D eigenvalue weighted by atomic mass is 10.00. The summed E-state index contributed by atoms with van der Waals surface area (Å²) in [4.78, 5) is 22.2. The lowest BCUT2D eigenvalue weighted by Crippen LogP contribution is -2.14. The van der Waals surface area contributed by atoms with E-state index >= 15 is 0 Å². The molecule has 1 atom stereocenters. The molecule has 1 unspecified atom stereocenters. The molecule has 0 bridgehead atoms. The molecule has 1 N–H and O–H groups in total. The summed E-state index contributed by atoms with van der Waals surface area (Å²) in [5.74, 6) is -1.02. The predicted molar refractivity (Wildman–Crippen MR) is 73.2 cm³/mol. The van der Waals surface area contributed by atoms with E-state index in [0.29, 0.717) is 11.1 Å². The number of benzene rings is 1. The number of carbonyl (C=O) groups excluding carboxylic acids is 1. The molecule has 0 saturated heterocycles. The Bertz CT molecular complexity index is 429. The third-order valence-corrected chi connectivity index (χ3v) is 3.12. The van der Waals surface area contributed by atoms with Crippen LogP contribution in [0.3, 0.4) is 0 Å². The quantitative estimate of drug-likeness (QED) is 0.483. The summed E-state index contributed by atoms with van der Waals surface area (Å²) in [5, 5.41) is 8.78. The average molecular weight is 397 g/mol. The maximum absolute atomic E-state index is 11.8. The fourth-order valence-corrected chi connectivity index (χ4v) is 2.13. The van der Waals surface area contributed by atoms with Crippen molar-refractivity contribution < 1.29 is 14.7 Å². The molecule has 5 heteroatoms. The van der Waals surface area contributed by atoms with Crippen molar-refractivity contribution in [2.45, 2.75) is 18.2 Å². The van der Waals surface area contributed by atoms with Crippen LogP contribution in [0.15, 0.2) is 18.2 Å². The minimum absolute atomic E-state index is 0.0901. The number of aliphatic carboxylic acids is 1.